The lowest BCUT2D eigenvalue weighted by Gasteiger charge is -2.49. The number of anilines is 12. The molecule has 10 aromatic carbocycles. The van der Waals surface area contributed by atoms with E-state index in [4.69, 9.17) is 0 Å². The lowest BCUT2D eigenvalue weighted by Crippen LogP contribution is -2.59. The molecule has 0 amide bonds. The zero-order valence-corrected chi connectivity index (χ0v) is 49.6. The predicted molar refractivity (Wildman–Crippen MR) is 342 cm³/mol. The van der Waals surface area contributed by atoms with Crippen LogP contribution in [-0.2, 0) is 0 Å². The van der Waals surface area contributed by atoms with Crippen molar-refractivity contribution in [2.75, 3.05) is 19.6 Å². The van der Waals surface area contributed by atoms with Gasteiger partial charge in [-0.2, -0.15) is 5.26 Å². The molecule has 0 radical (unpaired) electrons. The van der Waals surface area contributed by atoms with Crippen LogP contribution in [0.25, 0.3) is 11.1 Å². The van der Waals surface area contributed by atoms with Crippen LogP contribution in [0.1, 0.15) is 5.56 Å². The first-order chi connectivity index (χ1) is 37.7. The fourth-order valence-electron chi connectivity index (χ4n) is 14.1. The molecule has 14 rings (SSSR count). The highest BCUT2D eigenvalue weighted by atomic mass is 28.3. The van der Waals surface area contributed by atoms with Gasteiger partial charge in [0, 0.05) is 51.1 Å². The first-order valence-electron chi connectivity index (χ1n) is 27.4. The predicted octanol–water partition coefficient (Wildman–Crippen LogP) is 13.6. The van der Waals surface area contributed by atoms with Crippen molar-refractivity contribution in [1.82, 2.24) is 0 Å². The van der Waals surface area contributed by atoms with Crippen LogP contribution in [0.5, 0.6) is 0 Å². The maximum Gasteiger partial charge on any atom is 0.117 e. The minimum absolute atomic E-state index is 0.623. The van der Waals surface area contributed by atoms with E-state index in [9.17, 15) is 5.26 Å². The van der Waals surface area contributed by atoms with Crippen LogP contribution in [0, 0.1) is 11.3 Å². The minimum Gasteiger partial charge on any atom is -0.308 e. The number of para-hydroxylation sites is 8. The molecule has 0 aromatic heterocycles. The first-order valence-corrected chi connectivity index (χ1v) is 39.4. The van der Waals surface area contributed by atoms with Gasteiger partial charge in [-0.15, -0.1) is 0 Å². The third-order valence-corrected chi connectivity index (χ3v) is 32.2. The van der Waals surface area contributed by atoms with Gasteiger partial charge in [0.25, 0.3) is 0 Å². The lowest BCUT2D eigenvalue weighted by atomic mass is 9.92. The van der Waals surface area contributed by atoms with Crippen LogP contribution >= 0.6 is 0 Å². The average molecular weight is 1070 g/mol. The number of nitrogens with zero attached hydrogens (tertiary/aromatic N) is 5. The van der Waals surface area contributed by atoms with E-state index in [1.54, 1.807) is 0 Å². The normalized spacial score (nSPS) is 16.2. The van der Waals surface area contributed by atoms with Gasteiger partial charge in [0.1, 0.15) is 32.3 Å². The topological polar surface area (TPSA) is 36.8 Å². The van der Waals surface area contributed by atoms with Crippen LogP contribution < -0.4 is 61.1 Å². The number of hydrogen-bond donors (Lipinski definition) is 0. The van der Waals surface area contributed by atoms with Gasteiger partial charge in [-0.1, -0.05) is 210 Å². The molecular formula is C69H61N5Si4. The molecule has 78 heavy (non-hydrogen) atoms. The quantitative estimate of drug-likeness (QED) is 0.161. The van der Waals surface area contributed by atoms with Gasteiger partial charge in [-0.25, -0.2) is 0 Å². The molecule has 10 aromatic rings. The molecule has 0 fully saturated rings. The summed E-state index contributed by atoms with van der Waals surface area (Å²) >= 11 is 0. The maximum atomic E-state index is 10.6. The van der Waals surface area contributed by atoms with Crippen molar-refractivity contribution in [1.29, 1.82) is 5.26 Å². The number of hydrogen-bond acceptors (Lipinski definition) is 5. The highest BCUT2D eigenvalue weighted by molar-refractivity contribution is 7.04. The van der Waals surface area contributed by atoms with Gasteiger partial charge in [0.2, 0.25) is 0 Å². The molecule has 378 valence electrons. The van der Waals surface area contributed by atoms with Crippen molar-refractivity contribution in [2.24, 2.45) is 0 Å². The summed E-state index contributed by atoms with van der Waals surface area (Å²) in [6.07, 6.45) is 0. The summed E-state index contributed by atoms with van der Waals surface area (Å²) in [7, 11) is -9.11. The van der Waals surface area contributed by atoms with E-state index in [0.717, 1.165) is 33.9 Å². The molecule has 4 aliphatic heterocycles. The Balaban J connectivity index is 1.27. The van der Waals surface area contributed by atoms with Crippen LogP contribution in [0.15, 0.2) is 224 Å². The molecule has 0 aliphatic carbocycles. The van der Waals surface area contributed by atoms with E-state index in [1.165, 1.54) is 87.0 Å². The fraction of sp³-hybridized carbons (Fsp3) is 0.116. The number of nitriles is 1. The van der Waals surface area contributed by atoms with Crippen molar-refractivity contribution in [3.05, 3.63) is 230 Å². The van der Waals surface area contributed by atoms with Crippen molar-refractivity contribution in [3.63, 3.8) is 0 Å². The summed E-state index contributed by atoms with van der Waals surface area (Å²) in [5.41, 5.74) is 16.7. The molecule has 0 bridgehead atoms. The van der Waals surface area contributed by atoms with Gasteiger partial charge in [0.15, 0.2) is 0 Å². The summed E-state index contributed by atoms with van der Waals surface area (Å²) in [4.78, 5) is 10.6. The van der Waals surface area contributed by atoms with Gasteiger partial charge in [-0.3, -0.25) is 0 Å². The average Bonchev–Trinajstić information content (AvgIpc) is 3.43. The summed E-state index contributed by atoms with van der Waals surface area (Å²) < 4.78 is 0. The summed E-state index contributed by atoms with van der Waals surface area (Å²) in [6, 6.07) is 87.5. The molecule has 4 heterocycles. The Morgan fingerprint density at radius 1 is 0.269 bits per heavy atom. The van der Waals surface area contributed by atoms with Crippen molar-refractivity contribution in [2.45, 2.75) is 52.4 Å². The smallest absolute Gasteiger partial charge is 0.117 e. The lowest BCUT2D eigenvalue weighted by molar-refractivity contribution is 1.19. The van der Waals surface area contributed by atoms with Crippen molar-refractivity contribution in [3.8, 4) is 17.2 Å². The van der Waals surface area contributed by atoms with Crippen LogP contribution in [0.2, 0.25) is 52.4 Å². The molecule has 0 spiro atoms. The minimum atomic E-state index is -2.29. The second kappa shape index (κ2) is 17.4. The highest BCUT2D eigenvalue weighted by Crippen LogP contribution is 2.61. The Morgan fingerprint density at radius 3 is 0.718 bits per heavy atom. The van der Waals surface area contributed by atoms with Crippen molar-refractivity contribution >= 4 is 142 Å². The van der Waals surface area contributed by atoms with Crippen molar-refractivity contribution < 1.29 is 0 Å². The SMILES string of the molecule is C[Si]1(C)c2ccccc2N(c2cc(N3c4ccccc4[Si](C)(C)c4ccccc43)c(N3c4ccccc4[Si](C)(C)c4ccccc43)c(-c3ccc(C#N)cc3)c2N2c3ccccc3[Si](C)(C)c3ccccc32)c2ccccc21. The van der Waals surface area contributed by atoms with Gasteiger partial charge < -0.3 is 19.6 Å². The van der Waals surface area contributed by atoms with E-state index in [1.807, 2.05) is 12.1 Å². The fourth-order valence-corrected chi connectivity index (χ4v) is 26.0. The largest absolute Gasteiger partial charge is 0.308 e. The van der Waals surface area contributed by atoms with E-state index >= 15 is 0 Å². The number of fused-ring (bicyclic) bond motifs is 8. The Kier molecular flexibility index (Phi) is 10.7. The third kappa shape index (κ3) is 6.73. The molecule has 0 atom stereocenters. The molecule has 9 heteroatoms. The van der Waals surface area contributed by atoms with Gasteiger partial charge in [-0.05, 0) is 114 Å². The number of rotatable bonds is 5. The van der Waals surface area contributed by atoms with E-state index in [0.29, 0.717) is 5.56 Å². The molecule has 0 saturated carbocycles. The Bertz CT molecular complexity index is 3740. The zero-order valence-electron chi connectivity index (χ0n) is 45.6. The standard InChI is InChI=1S/C69H61N5Si4/c1-75(2)59-33-17-9-25-49(59)71(50-26-10-18-34-60(50)75)57-45-58(72-51-27-11-19-35-61(51)76(3,4)62-36-20-12-28-52(62)72)69(74-55-31-15-23-39-65(55)78(7,8)66-40-24-16-32-56(66)74)67(48-43-41-47(46-70)42-44-48)68(57)73-53-29-13-21-37-63(53)77(5,6)64-38-22-14-30-54(64)73/h9-45H,1-8H3. The van der Waals surface area contributed by atoms with Crippen LogP contribution in [0.3, 0.4) is 0 Å². The first kappa shape index (κ1) is 48.2. The van der Waals surface area contributed by atoms with Crippen LogP contribution in [0.4, 0.5) is 68.2 Å². The van der Waals surface area contributed by atoms with Gasteiger partial charge >= 0.3 is 0 Å². The van der Waals surface area contributed by atoms with E-state index in [2.05, 4.69) is 290 Å². The second-order valence-corrected chi connectivity index (χ2v) is 41.0. The molecule has 0 saturated heterocycles. The molecule has 4 aliphatic rings. The molecule has 0 N–H and O–H groups in total. The highest BCUT2D eigenvalue weighted by Gasteiger charge is 2.48. The Hall–Kier alpha value is -8.24. The zero-order chi connectivity index (χ0) is 53.5. The van der Waals surface area contributed by atoms with E-state index < -0.39 is 32.3 Å². The molecular weight excluding hydrogens is 1010 g/mol. The van der Waals surface area contributed by atoms with Crippen LogP contribution in [-0.4, -0.2) is 32.3 Å². The Labute approximate surface area is 463 Å². The molecule has 5 nitrogen and oxygen atoms in total. The number of benzene rings is 10. The maximum absolute atomic E-state index is 10.6. The Morgan fingerprint density at radius 2 is 0.487 bits per heavy atom. The second-order valence-electron chi connectivity index (χ2n) is 23.7. The third-order valence-electron chi connectivity index (χ3n) is 18.0. The molecule has 0 unspecified atom stereocenters. The van der Waals surface area contributed by atoms with E-state index in [-0.39, 0.29) is 0 Å². The van der Waals surface area contributed by atoms with Gasteiger partial charge in [0.05, 0.1) is 34.4 Å². The monoisotopic (exact) mass is 1070 g/mol. The summed E-state index contributed by atoms with van der Waals surface area (Å²) in [5, 5.41) is 21.8. The summed E-state index contributed by atoms with van der Waals surface area (Å²) in [6.45, 7) is 20.2. The summed E-state index contributed by atoms with van der Waals surface area (Å²) in [5.74, 6) is 0.